The van der Waals surface area contributed by atoms with Crippen LogP contribution in [0.15, 0.2) is 0 Å². The lowest BCUT2D eigenvalue weighted by atomic mass is 9.89. The third-order valence-corrected chi connectivity index (χ3v) is 5.84. The van der Waals surface area contributed by atoms with Crippen LogP contribution in [0, 0.1) is 0 Å². The molecule has 0 atom stereocenters. The third-order valence-electron chi connectivity index (χ3n) is 4.72. The molecule has 0 unspecified atom stereocenters. The van der Waals surface area contributed by atoms with E-state index in [1.807, 2.05) is 0 Å². The Morgan fingerprint density at radius 1 is 0.483 bits per heavy atom. The molecule has 0 spiro atoms. The van der Waals surface area contributed by atoms with Gasteiger partial charge in [0.25, 0.3) is 0 Å². The summed E-state index contributed by atoms with van der Waals surface area (Å²) >= 11 is 0. The topological polar surface area (TPSA) is 52.6 Å². The van der Waals surface area contributed by atoms with E-state index in [0.29, 0.717) is 0 Å². The van der Waals surface area contributed by atoms with Gasteiger partial charge in [-0.05, 0) is 51.4 Å². The molecule has 4 nitrogen and oxygen atoms in total. The second kappa shape index (κ2) is 15.3. The monoisotopic (exact) mass is 458 g/mol. The normalized spacial score (nSPS) is 13.2. The van der Waals surface area contributed by atoms with Crippen molar-refractivity contribution < 1.29 is 43.1 Å². The molecule has 0 fully saturated rings. The lowest BCUT2D eigenvalue weighted by molar-refractivity contribution is -0.0242. The zero-order valence-corrected chi connectivity index (χ0v) is 17.4. The molecule has 0 aliphatic heterocycles. The van der Waals surface area contributed by atoms with Crippen molar-refractivity contribution in [2.24, 2.45) is 0 Å². The molecule has 0 aliphatic carbocycles. The van der Waals surface area contributed by atoms with E-state index in [2.05, 4.69) is 0 Å². The molecule has 0 amide bonds. The summed E-state index contributed by atoms with van der Waals surface area (Å²) in [4.78, 5) is 0. The smallest absolute Gasteiger partial charge is 0.251 e. The van der Waals surface area contributed by atoms with E-state index in [1.54, 1.807) is 0 Å². The molecule has 0 aromatic rings. The molecule has 176 valence electrons. The zero-order chi connectivity index (χ0) is 22.2. The minimum Gasteiger partial charge on any atom is -0.251 e. The van der Waals surface area contributed by atoms with Gasteiger partial charge < -0.3 is 0 Å². The van der Waals surface area contributed by atoms with E-state index >= 15 is 0 Å². The minimum atomic E-state index is -4.89. The predicted molar refractivity (Wildman–Crippen MR) is 98.6 cm³/mol. The van der Waals surface area contributed by atoms with Crippen LogP contribution in [0.25, 0.3) is 0 Å². The third kappa shape index (κ3) is 11.4. The summed E-state index contributed by atoms with van der Waals surface area (Å²) in [5.74, 6) is 0. The molecule has 0 bridgehead atoms. The predicted octanol–water partition coefficient (Wildman–Crippen LogP) is 5.46. The fraction of sp³-hybridized carbons (Fsp3) is 1.00. The van der Waals surface area contributed by atoms with Crippen molar-refractivity contribution in [1.29, 1.82) is 0 Å². The van der Waals surface area contributed by atoms with Crippen molar-refractivity contribution >= 4 is 10.4 Å². The average molecular weight is 459 g/mol. The fourth-order valence-electron chi connectivity index (χ4n) is 3.35. The van der Waals surface area contributed by atoms with Crippen molar-refractivity contribution in [2.45, 2.75) is 75.4 Å². The maximum absolute atomic E-state index is 13.1. The van der Waals surface area contributed by atoms with Gasteiger partial charge >= 0.3 is 10.4 Å². The van der Waals surface area contributed by atoms with Crippen LogP contribution in [0.5, 0.6) is 0 Å². The Kier molecular flexibility index (Phi) is 15.0. The zero-order valence-electron chi connectivity index (χ0n) is 16.6. The van der Waals surface area contributed by atoms with Gasteiger partial charge in [0.15, 0.2) is 0 Å². The van der Waals surface area contributed by atoms with E-state index in [0.717, 1.165) is 0 Å². The van der Waals surface area contributed by atoms with Crippen LogP contribution in [0.4, 0.5) is 26.3 Å². The molecule has 29 heavy (non-hydrogen) atoms. The van der Waals surface area contributed by atoms with E-state index in [4.69, 9.17) is 8.37 Å². The Hall–Kier alpha value is -0.550. The summed E-state index contributed by atoms with van der Waals surface area (Å²) in [6.07, 6.45) is -2.18. The lowest BCUT2D eigenvalue weighted by Crippen LogP contribution is -2.42. The maximum Gasteiger partial charge on any atom is 0.400 e. The summed E-state index contributed by atoms with van der Waals surface area (Å²) in [7, 11) is -4.89. The second-order valence-electron chi connectivity index (χ2n) is 6.99. The molecule has 0 radical (unpaired) electrons. The van der Waals surface area contributed by atoms with E-state index in [-0.39, 0.29) is 51.4 Å². The molecule has 0 saturated heterocycles. The van der Waals surface area contributed by atoms with Gasteiger partial charge in [-0.15, -0.1) is 0 Å². The first-order valence-corrected chi connectivity index (χ1v) is 11.1. The van der Waals surface area contributed by atoms with Crippen molar-refractivity contribution in [3.8, 4) is 0 Å². The van der Waals surface area contributed by atoms with Gasteiger partial charge in [-0.2, -0.15) is 8.42 Å². The second-order valence-corrected chi connectivity index (χ2v) is 8.14. The number of halogens is 6. The average Bonchev–Trinajstić information content (AvgIpc) is 2.67. The first-order chi connectivity index (χ1) is 13.8. The van der Waals surface area contributed by atoms with Gasteiger partial charge in [0.1, 0.15) is 0 Å². The summed E-state index contributed by atoms with van der Waals surface area (Å²) in [6.45, 7) is -5.24. The van der Waals surface area contributed by atoms with Crippen LogP contribution in [0.1, 0.15) is 64.2 Å². The quantitative estimate of drug-likeness (QED) is 0.227. The Labute approximate surface area is 169 Å². The van der Waals surface area contributed by atoms with Crippen molar-refractivity contribution in [3.63, 3.8) is 0 Å². The summed E-state index contributed by atoms with van der Waals surface area (Å²) in [5.41, 5.74) is -3.43. The highest BCUT2D eigenvalue weighted by Gasteiger charge is 2.41. The first-order valence-electron chi connectivity index (χ1n) is 9.80. The van der Waals surface area contributed by atoms with E-state index in [9.17, 15) is 34.8 Å². The van der Waals surface area contributed by atoms with E-state index < -0.39 is 74.5 Å². The molecule has 0 aliphatic rings. The summed E-state index contributed by atoms with van der Waals surface area (Å²) < 4.78 is 112. The Bertz CT molecular complexity index is 453. The van der Waals surface area contributed by atoms with Crippen molar-refractivity contribution in [3.05, 3.63) is 0 Å². The molecule has 0 aromatic heterocycles. The summed E-state index contributed by atoms with van der Waals surface area (Å²) in [6, 6.07) is 0. The molecule has 0 aromatic carbocycles. The molecule has 0 N–H and O–H groups in total. The van der Waals surface area contributed by atoms with E-state index in [1.165, 1.54) is 0 Å². The van der Waals surface area contributed by atoms with Gasteiger partial charge in [-0.25, -0.2) is 8.37 Å². The number of hydrogen-bond acceptors (Lipinski definition) is 4. The molecule has 0 saturated carbocycles. The Balaban J connectivity index is 5.69. The number of alkyl halides is 6. The largest absolute Gasteiger partial charge is 0.400 e. The highest BCUT2D eigenvalue weighted by atomic mass is 32.3. The van der Waals surface area contributed by atoms with Gasteiger partial charge in [-0.3, -0.25) is 26.3 Å². The lowest BCUT2D eigenvalue weighted by Gasteiger charge is -2.36. The standard InChI is InChI=1S/C18H32F6O4S/c19-11-1-5-17(9-15-23,6-2-12-20)27-29(25,26)28-18(10-16-24,7-3-13-21)8-4-14-22/h1-16H2. The van der Waals surface area contributed by atoms with Gasteiger partial charge in [0.2, 0.25) is 0 Å². The fourth-order valence-corrected chi connectivity index (χ4v) is 4.75. The van der Waals surface area contributed by atoms with Gasteiger partial charge in [0, 0.05) is 12.8 Å². The minimum absolute atomic E-state index is 0.138. The first kappa shape index (κ1) is 28.5. The van der Waals surface area contributed by atoms with Crippen LogP contribution in [0.3, 0.4) is 0 Å². The number of rotatable bonds is 20. The van der Waals surface area contributed by atoms with Crippen LogP contribution in [0.2, 0.25) is 0 Å². The van der Waals surface area contributed by atoms with Crippen LogP contribution >= 0.6 is 0 Å². The van der Waals surface area contributed by atoms with Crippen molar-refractivity contribution in [2.75, 3.05) is 40.0 Å². The maximum atomic E-state index is 13.1. The Morgan fingerprint density at radius 3 is 0.966 bits per heavy atom. The Morgan fingerprint density at radius 2 is 0.759 bits per heavy atom. The highest BCUT2D eigenvalue weighted by molar-refractivity contribution is 7.81. The van der Waals surface area contributed by atoms with Crippen LogP contribution < -0.4 is 0 Å². The van der Waals surface area contributed by atoms with Crippen LogP contribution in [-0.4, -0.2) is 59.7 Å². The van der Waals surface area contributed by atoms with Crippen molar-refractivity contribution in [1.82, 2.24) is 0 Å². The highest BCUT2D eigenvalue weighted by Crippen LogP contribution is 2.36. The van der Waals surface area contributed by atoms with Crippen LogP contribution in [-0.2, 0) is 18.8 Å². The van der Waals surface area contributed by atoms with Gasteiger partial charge in [-0.1, -0.05) is 0 Å². The molecular formula is C18H32F6O4S. The SMILES string of the molecule is O=S(=O)(OC(CCF)(CCCF)CCCF)OC(CCF)(CCCF)CCCF. The molecule has 11 heteroatoms. The number of hydrogen-bond donors (Lipinski definition) is 0. The van der Waals surface area contributed by atoms with Gasteiger partial charge in [0.05, 0.1) is 51.2 Å². The summed E-state index contributed by atoms with van der Waals surface area (Å²) in [5, 5.41) is 0. The molecule has 0 heterocycles. The molecule has 0 rings (SSSR count). The molecular weight excluding hydrogens is 426 g/mol.